The molecular weight excluding hydrogens is 442 g/mol. The van der Waals surface area contributed by atoms with Crippen molar-refractivity contribution in [1.82, 2.24) is 9.80 Å². The minimum absolute atomic E-state index is 0.0303. The van der Waals surface area contributed by atoms with Crippen LogP contribution in [-0.2, 0) is 15.0 Å². The van der Waals surface area contributed by atoms with Gasteiger partial charge in [0.25, 0.3) is 0 Å². The number of carbonyl (C=O) groups excluding carboxylic acids is 2. The van der Waals surface area contributed by atoms with E-state index in [1.54, 1.807) is 12.1 Å². The molecule has 7 nitrogen and oxygen atoms in total. The van der Waals surface area contributed by atoms with Crippen molar-refractivity contribution in [1.29, 1.82) is 0 Å². The number of amides is 2. The van der Waals surface area contributed by atoms with Gasteiger partial charge in [-0.25, -0.2) is 4.79 Å². The van der Waals surface area contributed by atoms with Gasteiger partial charge in [-0.05, 0) is 49.6 Å². The van der Waals surface area contributed by atoms with Gasteiger partial charge in [-0.15, -0.1) is 0 Å². The van der Waals surface area contributed by atoms with E-state index in [1.165, 1.54) is 0 Å². The second-order valence-corrected chi connectivity index (χ2v) is 10.0. The first-order valence-electron chi connectivity index (χ1n) is 12.5. The Morgan fingerprint density at radius 3 is 2.20 bits per heavy atom. The summed E-state index contributed by atoms with van der Waals surface area (Å²) >= 11 is 0. The van der Waals surface area contributed by atoms with Crippen LogP contribution in [0, 0.1) is 0 Å². The number of aromatic carboxylic acids is 1. The predicted octanol–water partition coefficient (Wildman–Crippen LogP) is 3.74. The van der Waals surface area contributed by atoms with E-state index in [2.05, 4.69) is 17.0 Å². The van der Waals surface area contributed by atoms with E-state index >= 15 is 0 Å². The van der Waals surface area contributed by atoms with Gasteiger partial charge in [-0.2, -0.15) is 0 Å². The number of piperazine rings is 1. The number of rotatable bonds is 6. The molecule has 2 amide bonds. The Morgan fingerprint density at radius 2 is 1.57 bits per heavy atom. The van der Waals surface area contributed by atoms with Gasteiger partial charge < -0.3 is 19.8 Å². The largest absolute Gasteiger partial charge is 0.478 e. The van der Waals surface area contributed by atoms with Gasteiger partial charge in [-0.1, -0.05) is 37.3 Å². The Bertz CT molecular complexity index is 1090. The van der Waals surface area contributed by atoms with Crippen LogP contribution in [0.15, 0.2) is 48.5 Å². The van der Waals surface area contributed by atoms with Crippen LogP contribution in [0.4, 0.5) is 5.69 Å². The van der Waals surface area contributed by atoms with Crippen LogP contribution < -0.4 is 4.90 Å². The molecule has 1 atom stereocenters. The zero-order chi connectivity index (χ0) is 25.2. The van der Waals surface area contributed by atoms with E-state index in [4.69, 9.17) is 0 Å². The molecule has 0 aromatic heterocycles. The molecule has 2 aromatic rings. The van der Waals surface area contributed by atoms with Crippen molar-refractivity contribution in [3.8, 4) is 0 Å². The minimum atomic E-state index is -0.927. The van der Waals surface area contributed by atoms with Gasteiger partial charge in [0.05, 0.1) is 11.0 Å². The van der Waals surface area contributed by atoms with Gasteiger partial charge in [0.2, 0.25) is 11.8 Å². The second-order valence-electron chi connectivity index (χ2n) is 10.0. The molecule has 0 radical (unpaired) electrons. The fourth-order valence-corrected chi connectivity index (χ4v) is 5.29. The number of hydrogen-bond acceptors (Lipinski definition) is 4. The summed E-state index contributed by atoms with van der Waals surface area (Å²) in [4.78, 5) is 43.2. The number of benzene rings is 2. The Morgan fingerprint density at radius 1 is 0.914 bits per heavy atom. The molecule has 4 rings (SSSR count). The van der Waals surface area contributed by atoms with Crippen molar-refractivity contribution < 1.29 is 19.5 Å². The van der Waals surface area contributed by atoms with E-state index in [0.717, 1.165) is 49.4 Å². The molecule has 2 heterocycles. The van der Waals surface area contributed by atoms with Gasteiger partial charge in [0, 0.05) is 57.3 Å². The normalized spacial score (nSPS) is 18.6. The third kappa shape index (κ3) is 5.04. The van der Waals surface area contributed by atoms with Crippen molar-refractivity contribution in [2.24, 2.45) is 0 Å². The second kappa shape index (κ2) is 10.1. The van der Waals surface area contributed by atoms with Gasteiger partial charge in [0.15, 0.2) is 0 Å². The minimum Gasteiger partial charge on any atom is -0.478 e. The topological polar surface area (TPSA) is 81.2 Å². The predicted molar refractivity (Wildman–Crippen MR) is 136 cm³/mol. The van der Waals surface area contributed by atoms with Crippen LogP contribution in [0.5, 0.6) is 0 Å². The summed E-state index contributed by atoms with van der Waals surface area (Å²) in [6, 6.07) is 15.3. The first kappa shape index (κ1) is 24.8. The van der Waals surface area contributed by atoms with Crippen LogP contribution in [0.1, 0.15) is 61.0 Å². The molecule has 2 aromatic carbocycles. The number of carboxylic acids is 1. The SMILES string of the molecule is CCC(=O)N1CCN(c2ccc(C(C)(C)C(=O)N3CCC(c4ccccc4C(=O)O)C3)cc2)CC1. The highest BCUT2D eigenvalue weighted by atomic mass is 16.4. The first-order valence-corrected chi connectivity index (χ1v) is 12.5. The van der Waals surface area contributed by atoms with Crippen molar-refractivity contribution in [3.63, 3.8) is 0 Å². The van der Waals surface area contributed by atoms with Crippen LogP contribution in [-0.4, -0.2) is 72.0 Å². The molecule has 1 unspecified atom stereocenters. The van der Waals surface area contributed by atoms with Crippen molar-refractivity contribution >= 4 is 23.5 Å². The molecule has 2 fully saturated rings. The molecule has 2 saturated heterocycles. The van der Waals surface area contributed by atoms with E-state index in [9.17, 15) is 19.5 Å². The molecule has 2 aliphatic rings. The smallest absolute Gasteiger partial charge is 0.335 e. The number of anilines is 1. The maximum Gasteiger partial charge on any atom is 0.335 e. The van der Waals surface area contributed by atoms with Gasteiger partial charge in [-0.3, -0.25) is 9.59 Å². The first-order chi connectivity index (χ1) is 16.7. The Hall–Kier alpha value is -3.35. The lowest BCUT2D eigenvalue weighted by atomic mass is 9.83. The molecular formula is C28H35N3O4. The lowest BCUT2D eigenvalue weighted by molar-refractivity contribution is -0.135. The van der Waals surface area contributed by atoms with E-state index in [-0.39, 0.29) is 17.7 Å². The number of carboxylic acid groups (broad SMARTS) is 1. The number of carbonyl (C=O) groups is 3. The van der Waals surface area contributed by atoms with Crippen LogP contribution >= 0.6 is 0 Å². The molecule has 0 bridgehead atoms. The summed E-state index contributed by atoms with van der Waals surface area (Å²) in [7, 11) is 0. The highest BCUT2D eigenvalue weighted by Gasteiger charge is 2.38. The van der Waals surface area contributed by atoms with Gasteiger partial charge >= 0.3 is 5.97 Å². The lowest BCUT2D eigenvalue weighted by Gasteiger charge is -2.36. The maximum atomic E-state index is 13.5. The monoisotopic (exact) mass is 477 g/mol. The van der Waals surface area contributed by atoms with Crippen LogP contribution in [0.3, 0.4) is 0 Å². The van der Waals surface area contributed by atoms with Crippen LogP contribution in [0.25, 0.3) is 0 Å². The molecule has 0 saturated carbocycles. The lowest BCUT2D eigenvalue weighted by Crippen LogP contribution is -2.48. The summed E-state index contributed by atoms with van der Waals surface area (Å²) in [5.41, 5.74) is 2.50. The third-order valence-corrected chi connectivity index (χ3v) is 7.53. The standard InChI is InChI=1S/C28H35N3O4/c1-4-25(32)30-17-15-29(16-18-30)22-11-9-21(10-12-22)28(2,3)27(35)31-14-13-20(19-31)23-7-5-6-8-24(23)26(33)34/h5-12,20H,4,13-19H2,1-3H3,(H,33,34). The average molecular weight is 478 g/mol. The fourth-order valence-electron chi connectivity index (χ4n) is 5.29. The molecule has 1 N–H and O–H groups in total. The summed E-state index contributed by atoms with van der Waals surface area (Å²) in [5, 5.41) is 9.54. The van der Waals surface area contributed by atoms with Crippen molar-refractivity contribution in [3.05, 3.63) is 65.2 Å². The summed E-state index contributed by atoms with van der Waals surface area (Å²) < 4.78 is 0. The molecule has 0 aliphatic carbocycles. The van der Waals surface area contributed by atoms with E-state index < -0.39 is 11.4 Å². The summed E-state index contributed by atoms with van der Waals surface area (Å²) in [6.07, 6.45) is 1.30. The molecule has 7 heteroatoms. The van der Waals surface area contributed by atoms with Gasteiger partial charge in [0.1, 0.15) is 0 Å². The number of nitrogens with zero attached hydrogens (tertiary/aromatic N) is 3. The van der Waals surface area contributed by atoms with Crippen molar-refractivity contribution in [2.45, 2.75) is 44.9 Å². The number of likely N-dealkylation sites (tertiary alicyclic amines) is 1. The fraction of sp³-hybridized carbons (Fsp3) is 0.464. The molecule has 35 heavy (non-hydrogen) atoms. The molecule has 0 spiro atoms. The Kier molecular flexibility index (Phi) is 7.15. The molecule has 186 valence electrons. The highest BCUT2D eigenvalue weighted by Crippen LogP contribution is 2.34. The van der Waals surface area contributed by atoms with E-state index in [1.807, 2.05) is 54.8 Å². The zero-order valence-electron chi connectivity index (χ0n) is 20.9. The van der Waals surface area contributed by atoms with Crippen LogP contribution in [0.2, 0.25) is 0 Å². The number of hydrogen-bond donors (Lipinski definition) is 1. The summed E-state index contributed by atoms with van der Waals surface area (Å²) in [6.45, 7) is 10.1. The Labute approximate surface area is 207 Å². The Balaban J connectivity index is 1.41. The van der Waals surface area contributed by atoms with E-state index in [0.29, 0.717) is 25.1 Å². The highest BCUT2D eigenvalue weighted by molar-refractivity contribution is 5.90. The quantitative estimate of drug-likeness (QED) is 0.686. The maximum absolute atomic E-state index is 13.5. The third-order valence-electron chi connectivity index (χ3n) is 7.53. The zero-order valence-corrected chi connectivity index (χ0v) is 20.9. The van der Waals surface area contributed by atoms with Crippen molar-refractivity contribution in [2.75, 3.05) is 44.2 Å². The summed E-state index contributed by atoms with van der Waals surface area (Å²) in [5.74, 6) is -0.630. The average Bonchev–Trinajstić information content (AvgIpc) is 3.38. The molecule has 2 aliphatic heterocycles.